The molecule has 162 valence electrons. The van der Waals surface area contributed by atoms with E-state index in [4.69, 9.17) is 4.74 Å². The minimum atomic E-state index is -3.72. The number of ketones is 1. The van der Waals surface area contributed by atoms with Gasteiger partial charge in [-0.1, -0.05) is 12.1 Å². The molecule has 0 saturated carbocycles. The Labute approximate surface area is 179 Å². The van der Waals surface area contributed by atoms with E-state index < -0.39 is 10.0 Å². The molecule has 31 heavy (non-hydrogen) atoms. The number of piperazine rings is 1. The van der Waals surface area contributed by atoms with Crippen molar-refractivity contribution in [1.82, 2.24) is 9.21 Å². The second-order valence-electron chi connectivity index (χ2n) is 7.32. The van der Waals surface area contributed by atoms with Crippen molar-refractivity contribution in [3.8, 4) is 5.75 Å². The maximum absolute atomic E-state index is 12.9. The summed E-state index contributed by atoms with van der Waals surface area (Å²) < 4.78 is 32.4. The molecule has 0 bridgehead atoms. The van der Waals surface area contributed by atoms with Crippen LogP contribution in [0.1, 0.15) is 27.6 Å². The Balaban J connectivity index is 1.43. The average molecular weight is 443 g/mol. The van der Waals surface area contributed by atoms with Gasteiger partial charge in [-0.15, -0.1) is 0 Å². The van der Waals surface area contributed by atoms with Crippen LogP contribution in [-0.2, 0) is 14.8 Å². The standard InChI is InChI=1S/C21H21N3O6S/c1-14(25)15-2-5-17(6-3-15)31(28,29)24-10-8-23(9-11-24)21(27)16-4-7-19-18(12-16)22-20(26)13-30-19/h2-7,12H,8-11,13H2,1H3,(H,22,26). The number of nitrogens with zero attached hydrogens (tertiary/aromatic N) is 2. The average Bonchev–Trinajstić information content (AvgIpc) is 2.78. The maximum atomic E-state index is 12.9. The number of nitrogens with one attached hydrogen (secondary N) is 1. The number of hydrogen-bond donors (Lipinski definition) is 1. The van der Waals surface area contributed by atoms with E-state index in [1.807, 2.05) is 0 Å². The van der Waals surface area contributed by atoms with Crippen molar-refractivity contribution in [1.29, 1.82) is 0 Å². The highest BCUT2D eigenvalue weighted by Gasteiger charge is 2.31. The summed E-state index contributed by atoms with van der Waals surface area (Å²) in [6.45, 7) is 2.16. The molecular formula is C21H21N3O6S. The molecular weight excluding hydrogens is 422 g/mol. The Morgan fingerprint density at radius 2 is 1.61 bits per heavy atom. The number of Topliss-reactive ketones (excluding diaryl/α,β-unsaturated/α-hetero) is 1. The summed E-state index contributed by atoms with van der Waals surface area (Å²) in [6, 6.07) is 10.7. The van der Waals surface area contributed by atoms with Gasteiger partial charge in [0, 0.05) is 37.3 Å². The number of carbonyl (C=O) groups excluding carboxylic acids is 3. The van der Waals surface area contributed by atoms with Crippen LogP contribution in [0, 0.1) is 0 Å². The van der Waals surface area contributed by atoms with Crippen molar-refractivity contribution in [3.63, 3.8) is 0 Å². The highest BCUT2D eigenvalue weighted by molar-refractivity contribution is 7.89. The number of hydrogen-bond acceptors (Lipinski definition) is 6. The predicted octanol–water partition coefficient (Wildman–Crippen LogP) is 1.37. The number of benzene rings is 2. The third-order valence-corrected chi connectivity index (χ3v) is 7.20. The molecule has 2 aromatic carbocycles. The monoisotopic (exact) mass is 443 g/mol. The van der Waals surface area contributed by atoms with E-state index in [9.17, 15) is 22.8 Å². The molecule has 1 N–H and O–H groups in total. The summed E-state index contributed by atoms with van der Waals surface area (Å²) in [6.07, 6.45) is 0. The van der Waals surface area contributed by atoms with E-state index in [1.54, 1.807) is 23.1 Å². The molecule has 0 aromatic heterocycles. The number of carbonyl (C=O) groups is 3. The van der Waals surface area contributed by atoms with Crippen molar-refractivity contribution >= 4 is 33.3 Å². The van der Waals surface area contributed by atoms with Crippen molar-refractivity contribution in [2.24, 2.45) is 0 Å². The van der Waals surface area contributed by atoms with Gasteiger partial charge in [0.1, 0.15) is 5.75 Å². The normalized spacial score (nSPS) is 16.8. The van der Waals surface area contributed by atoms with E-state index in [2.05, 4.69) is 5.32 Å². The van der Waals surface area contributed by atoms with E-state index in [-0.39, 0.29) is 55.3 Å². The molecule has 1 saturated heterocycles. The Kier molecular flexibility index (Phi) is 5.50. The van der Waals surface area contributed by atoms with Gasteiger partial charge >= 0.3 is 0 Å². The molecule has 0 unspecified atom stereocenters. The van der Waals surface area contributed by atoms with Crippen LogP contribution < -0.4 is 10.1 Å². The maximum Gasteiger partial charge on any atom is 0.262 e. The molecule has 2 aromatic rings. The fourth-order valence-corrected chi connectivity index (χ4v) is 4.96. The van der Waals surface area contributed by atoms with Gasteiger partial charge in [0.05, 0.1) is 10.6 Å². The first-order valence-electron chi connectivity index (χ1n) is 9.73. The van der Waals surface area contributed by atoms with E-state index in [1.165, 1.54) is 35.5 Å². The lowest BCUT2D eigenvalue weighted by Gasteiger charge is -2.34. The predicted molar refractivity (Wildman–Crippen MR) is 112 cm³/mol. The van der Waals surface area contributed by atoms with Crippen molar-refractivity contribution in [2.45, 2.75) is 11.8 Å². The summed E-state index contributed by atoms with van der Waals surface area (Å²) in [7, 11) is -3.72. The largest absolute Gasteiger partial charge is 0.482 e. The summed E-state index contributed by atoms with van der Waals surface area (Å²) in [5.41, 5.74) is 1.28. The minimum absolute atomic E-state index is 0.0613. The lowest BCUT2D eigenvalue weighted by atomic mass is 10.1. The summed E-state index contributed by atoms with van der Waals surface area (Å²) in [5, 5.41) is 2.67. The first kappa shape index (κ1) is 21.0. The zero-order valence-corrected chi connectivity index (χ0v) is 17.6. The minimum Gasteiger partial charge on any atom is -0.482 e. The number of amides is 2. The van der Waals surface area contributed by atoms with E-state index >= 15 is 0 Å². The third kappa shape index (κ3) is 4.17. The van der Waals surface area contributed by atoms with Crippen LogP contribution in [0.4, 0.5) is 5.69 Å². The Morgan fingerprint density at radius 3 is 2.26 bits per heavy atom. The first-order chi connectivity index (χ1) is 14.8. The first-order valence-corrected chi connectivity index (χ1v) is 11.2. The van der Waals surface area contributed by atoms with Gasteiger partial charge in [0.15, 0.2) is 12.4 Å². The zero-order chi connectivity index (χ0) is 22.2. The van der Waals surface area contributed by atoms with Crippen LogP contribution in [0.15, 0.2) is 47.4 Å². The molecule has 4 rings (SSSR count). The number of ether oxygens (including phenoxy) is 1. The third-order valence-electron chi connectivity index (χ3n) is 5.28. The van der Waals surface area contributed by atoms with Crippen LogP contribution >= 0.6 is 0 Å². The van der Waals surface area contributed by atoms with Gasteiger partial charge in [-0.05, 0) is 37.3 Å². The summed E-state index contributed by atoms with van der Waals surface area (Å²) in [5.74, 6) is -0.162. The van der Waals surface area contributed by atoms with Gasteiger partial charge < -0.3 is 15.0 Å². The van der Waals surface area contributed by atoms with Crippen molar-refractivity contribution in [3.05, 3.63) is 53.6 Å². The van der Waals surface area contributed by atoms with Gasteiger partial charge in [0.25, 0.3) is 11.8 Å². The Hall–Kier alpha value is -3.24. The molecule has 2 heterocycles. The van der Waals surface area contributed by atoms with Crippen molar-refractivity contribution < 1.29 is 27.5 Å². The molecule has 2 aliphatic heterocycles. The fourth-order valence-electron chi connectivity index (χ4n) is 3.54. The number of fused-ring (bicyclic) bond motifs is 1. The molecule has 9 nitrogen and oxygen atoms in total. The zero-order valence-electron chi connectivity index (χ0n) is 16.8. The van der Waals surface area contributed by atoms with Crippen LogP contribution in [-0.4, -0.2) is 68.0 Å². The SMILES string of the molecule is CC(=O)c1ccc(S(=O)(=O)N2CCN(C(=O)c3ccc4c(c3)NC(=O)CO4)CC2)cc1. The Bertz CT molecular complexity index is 1150. The fraction of sp³-hybridized carbons (Fsp3) is 0.286. The molecule has 0 spiro atoms. The quantitative estimate of drug-likeness (QED) is 0.714. The second-order valence-corrected chi connectivity index (χ2v) is 9.26. The topological polar surface area (TPSA) is 113 Å². The molecule has 10 heteroatoms. The van der Waals surface area contributed by atoms with Crippen LogP contribution in [0.5, 0.6) is 5.75 Å². The lowest BCUT2D eigenvalue weighted by molar-refractivity contribution is -0.118. The van der Waals surface area contributed by atoms with E-state index in [0.717, 1.165) is 0 Å². The van der Waals surface area contributed by atoms with Gasteiger partial charge in [-0.3, -0.25) is 14.4 Å². The van der Waals surface area contributed by atoms with Crippen molar-refractivity contribution in [2.75, 3.05) is 38.1 Å². The summed E-state index contributed by atoms with van der Waals surface area (Å²) >= 11 is 0. The van der Waals surface area contributed by atoms with Gasteiger partial charge in [-0.25, -0.2) is 8.42 Å². The highest BCUT2D eigenvalue weighted by Crippen LogP contribution is 2.29. The molecule has 2 amide bonds. The molecule has 1 fully saturated rings. The van der Waals surface area contributed by atoms with Crippen LogP contribution in [0.2, 0.25) is 0 Å². The van der Waals surface area contributed by atoms with Crippen LogP contribution in [0.3, 0.4) is 0 Å². The van der Waals surface area contributed by atoms with Crippen LogP contribution in [0.25, 0.3) is 0 Å². The smallest absolute Gasteiger partial charge is 0.262 e. The highest BCUT2D eigenvalue weighted by atomic mass is 32.2. The molecule has 0 radical (unpaired) electrons. The number of sulfonamides is 1. The van der Waals surface area contributed by atoms with Gasteiger partial charge in [-0.2, -0.15) is 4.31 Å². The Morgan fingerprint density at radius 1 is 0.968 bits per heavy atom. The number of anilines is 1. The molecule has 0 aliphatic carbocycles. The second kappa shape index (κ2) is 8.12. The van der Waals surface area contributed by atoms with Gasteiger partial charge in [0.2, 0.25) is 10.0 Å². The lowest BCUT2D eigenvalue weighted by Crippen LogP contribution is -2.50. The van der Waals surface area contributed by atoms with E-state index in [0.29, 0.717) is 22.6 Å². The molecule has 2 aliphatic rings. The number of rotatable bonds is 4. The molecule has 0 atom stereocenters. The summed E-state index contributed by atoms with van der Waals surface area (Å²) in [4.78, 5) is 37.5.